The van der Waals surface area contributed by atoms with Gasteiger partial charge in [0, 0.05) is 9.37 Å². The lowest BCUT2D eigenvalue weighted by molar-refractivity contribution is 0.0597. The molecule has 0 unspecified atom stereocenters. The van der Waals surface area contributed by atoms with Gasteiger partial charge in [0.1, 0.15) is 0 Å². The summed E-state index contributed by atoms with van der Waals surface area (Å²) in [6.45, 7) is 2.05. The van der Waals surface area contributed by atoms with Gasteiger partial charge in [-0.2, -0.15) is 0 Å². The summed E-state index contributed by atoms with van der Waals surface area (Å²) in [5.74, 6) is 0.647. The van der Waals surface area contributed by atoms with E-state index < -0.39 is 0 Å². The fraction of sp³-hybridized carbons (Fsp3) is 0.300. The van der Waals surface area contributed by atoms with Gasteiger partial charge in [-0.25, -0.2) is 4.79 Å². The van der Waals surface area contributed by atoms with Crippen molar-refractivity contribution in [2.75, 3.05) is 12.9 Å². The van der Waals surface area contributed by atoms with Gasteiger partial charge in [-0.15, -0.1) is 11.8 Å². The summed E-state index contributed by atoms with van der Waals surface area (Å²) in [4.78, 5) is 12.3. The van der Waals surface area contributed by atoms with Crippen LogP contribution in [0.25, 0.3) is 0 Å². The minimum Gasteiger partial charge on any atom is -0.465 e. The second-order valence-corrected chi connectivity index (χ2v) is 4.79. The molecule has 0 bridgehead atoms. The number of benzene rings is 1. The van der Waals surface area contributed by atoms with Gasteiger partial charge < -0.3 is 4.74 Å². The van der Waals surface area contributed by atoms with Gasteiger partial charge in [0.25, 0.3) is 0 Å². The Morgan fingerprint density at radius 2 is 2.29 bits per heavy atom. The smallest absolute Gasteiger partial charge is 0.338 e. The van der Waals surface area contributed by atoms with E-state index in [9.17, 15) is 4.79 Å². The van der Waals surface area contributed by atoms with Crippen molar-refractivity contribution < 1.29 is 9.53 Å². The molecule has 0 aliphatic rings. The van der Waals surface area contributed by atoms with E-state index >= 15 is 0 Å². The van der Waals surface area contributed by atoms with E-state index in [1.54, 1.807) is 17.8 Å². The Bertz CT molecular complexity index is 339. The number of halogens is 1. The van der Waals surface area contributed by atoms with Crippen molar-refractivity contribution in [2.45, 2.75) is 11.8 Å². The Kier molecular flexibility index (Phi) is 4.48. The molecule has 1 aromatic rings. The maximum absolute atomic E-state index is 11.4. The Morgan fingerprint density at radius 3 is 2.86 bits per heavy atom. The van der Waals surface area contributed by atoms with E-state index in [4.69, 9.17) is 4.74 Å². The van der Waals surface area contributed by atoms with Crippen LogP contribution in [0.4, 0.5) is 0 Å². The lowest BCUT2D eigenvalue weighted by Crippen LogP contribution is -2.02. The van der Waals surface area contributed by atoms with Crippen molar-refractivity contribution in [1.82, 2.24) is 0 Å². The van der Waals surface area contributed by atoms with Crippen LogP contribution in [-0.4, -0.2) is 18.8 Å². The standard InChI is InChI=1S/C10H11BrO2S/c1-3-14-9-6-7(11)4-5-8(9)10(12)13-2/h4-6H,3H2,1-2H3. The Morgan fingerprint density at radius 1 is 1.57 bits per heavy atom. The molecule has 0 aliphatic heterocycles. The van der Waals surface area contributed by atoms with Crippen LogP contribution in [0.3, 0.4) is 0 Å². The van der Waals surface area contributed by atoms with Crippen molar-refractivity contribution in [2.24, 2.45) is 0 Å². The van der Waals surface area contributed by atoms with E-state index in [1.807, 2.05) is 19.1 Å². The first kappa shape index (κ1) is 11.6. The molecule has 14 heavy (non-hydrogen) atoms. The molecular formula is C10H11BrO2S. The van der Waals surface area contributed by atoms with Gasteiger partial charge in [0.15, 0.2) is 0 Å². The maximum Gasteiger partial charge on any atom is 0.338 e. The number of carbonyl (C=O) groups is 1. The summed E-state index contributed by atoms with van der Waals surface area (Å²) < 4.78 is 5.67. The van der Waals surface area contributed by atoms with Gasteiger partial charge in [-0.3, -0.25) is 0 Å². The third-order valence-corrected chi connectivity index (χ3v) is 3.08. The zero-order valence-electron chi connectivity index (χ0n) is 8.04. The zero-order chi connectivity index (χ0) is 10.6. The molecule has 0 N–H and O–H groups in total. The Hall–Kier alpha value is -0.480. The van der Waals surface area contributed by atoms with Crippen LogP contribution in [0, 0.1) is 0 Å². The van der Waals surface area contributed by atoms with Crippen LogP contribution in [0.2, 0.25) is 0 Å². The molecule has 1 aromatic carbocycles. The quantitative estimate of drug-likeness (QED) is 0.625. The molecule has 0 saturated heterocycles. The van der Waals surface area contributed by atoms with Crippen LogP contribution < -0.4 is 0 Å². The van der Waals surface area contributed by atoms with Crippen LogP contribution in [0.5, 0.6) is 0 Å². The first-order chi connectivity index (χ1) is 6.69. The fourth-order valence-electron chi connectivity index (χ4n) is 1.05. The second kappa shape index (κ2) is 5.41. The van der Waals surface area contributed by atoms with E-state index in [-0.39, 0.29) is 5.97 Å². The highest BCUT2D eigenvalue weighted by Crippen LogP contribution is 2.26. The molecule has 4 heteroatoms. The van der Waals surface area contributed by atoms with Crippen LogP contribution >= 0.6 is 27.7 Å². The molecule has 0 spiro atoms. The van der Waals surface area contributed by atoms with E-state index in [0.29, 0.717) is 5.56 Å². The molecular weight excluding hydrogens is 264 g/mol. The van der Waals surface area contributed by atoms with E-state index in [2.05, 4.69) is 15.9 Å². The number of thioether (sulfide) groups is 1. The molecule has 0 aromatic heterocycles. The fourth-order valence-corrected chi connectivity index (χ4v) is 2.39. The number of hydrogen-bond donors (Lipinski definition) is 0. The average Bonchev–Trinajstić information content (AvgIpc) is 2.17. The van der Waals surface area contributed by atoms with Crippen molar-refractivity contribution in [3.05, 3.63) is 28.2 Å². The first-order valence-electron chi connectivity index (χ1n) is 4.19. The first-order valence-corrected chi connectivity index (χ1v) is 5.97. The summed E-state index contributed by atoms with van der Waals surface area (Å²) in [5, 5.41) is 0. The summed E-state index contributed by atoms with van der Waals surface area (Å²) in [5.41, 5.74) is 0.627. The van der Waals surface area contributed by atoms with E-state index in [0.717, 1.165) is 15.1 Å². The van der Waals surface area contributed by atoms with Crippen molar-refractivity contribution in [3.63, 3.8) is 0 Å². The zero-order valence-corrected chi connectivity index (χ0v) is 10.4. The molecule has 0 atom stereocenters. The normalized spacial score (nSPS) is 9.93. The molecule has 0 fully saturated rings. The van der Waals surface area contributed by atoms with Crippen LogP contribution in [0.15, 0.2) is 27.6 Å². The molecule has 2 nitrogen and oxygen atoms in total. The van der Waals surface area contributed by atoms with Crippen molar-refractivity contribution >= 4 is 33.7 Å². The van der Waals surface area contributed by atoms with Gasteiger partial charge in [0.05, 0.1) is 12.7 Å². The highest BCUT2D eigenvalue weighted by Gasteiger charge is 2.11. The predicted molar refractivity (Wildman–Crippen MR) is 61.9 cm³/mol. The average molecular weight is 275 g/mol. The van der Waals surface area contributed by atoms with E-state index in [1.165, 1.54) is 7.11 Å². The minimum absolute atomic E-state index is 0.284. The summed E-state index contributed by atoms with van der Waals surface area (Å²) in [7, 11) is 1.39. The lowest BCUT2D eigenvalue weighted by Gasteiger charge is -2.06. The Balaban J connectivity index is 3.07. The van der Waals surface area contributed by atoms with Gasteiger partial charge >= 0.3 is 5.97 Å². The number of ether oxygens (including phenoxy) is 1. The molecule has 0 saturated carbocycles. The number of hydrogen-bond acceptors (Lipinski definition) is 3. The number of carbonyl (C=O) groups excluding carboxylic acids is 1. The largest absolute Gasteiger partial charge is 0.465 e. The molecule has 1 rings (SSSR count). The summed E-state index contributed by atoms with van der Waals surface area (Å²) in [6.07, 6.45) is 0. The SMILES string of the molecule is CCSc1cc(Br)ccc1C(=O)OC. The number of esters is 1. The highest BCUT2D eigenvalue weighted by molar-refractivity contribution is 9.10. The monoisotopic (exact) mass is 274 g/mol. The molecule has 76 valence electrons. The number of methoxy groups -OCH3 is 1. The second-order valence-electron chi connectivity index (χ2n) is 2.57. The van der Waals surface area contributed by atoms with Gasteiger partial charge in [0.2, 0.25) is 0 Å². The van der Waals surface area contributed by atoms with Gasteiger partial charge in [-0.1, -0.05) is 22.9 Å². The molecule has 0 heterocycles. The third-order valence-electron chi connectivity index (χ3n) is 1.65. The lowest BCUT2D eigenvalue weighted by atomic mass is 10.2. The highest BCUT2D eigenvalue weighted by atomic mass is 79.9. The third kappa shape index (κ3) is 2.75. The predicted octanol–water partition coefficient (Wildman–Crippen LogP) is 3.35. The topological polar surface area (TPSA) is 26.3 Å². The summed E-state index contributed by atoms with van der Waals surface area (Å²) in [6, 6.07) is 5.54. The van der Waals surface area contributed by atoms with Crippen molar-refractivity contribution in [3.8, 4) is 0 Å². The molecule has 0 radical (unpaired) electrons. The summed E-state index contributed by atoms with van der Waals surface area (Å²) >= 11 is 5.00. The molecule has 0 amide bonds. The van der Waals surface area contributed by atoms with Crippen LogP contribution in [-0.2, 0) is 4.74 Å². The Labute approximate surface area is 96.2 Å². The molecule has 0 aliphatic carbocycles. The van der Waals surface area contributed by atoms with Crippen molar-refractivity contribution in [1.29, 1.82) is 0 Å². The van der Waals surface area contributed by atoms with Crippen LogP contribution in [0.1, 0.15) is 17.3 Å². The maximum atomic E-state index is 11.4. The van der Waals surface area contributed by atoms with Gasteiger partial charge in [-0.05, 0) is 24.0 Å². The minimum atomic E-state index is -0.284. The number of rotatable bonds is 3.